The number of rotatable bonds is 4. The molecule has 108 valence electrons. The molecule has 2 aromatic heterocycles. The first-order valence-corrected chi connectivity index (χ1v) is 6.80. The van der Waals surface area contributed by atoms with E-state index < -0.39 is 0 Å². The normalized spacial score (nSPS) is 23.8. The third-order valence-electron chi connectivity index (χ3n) is 4.02. The topological polar surface area (TPSA) is 63.2 Å². The summed E-state index contributed by atoms with van der Waals surface area (Å²) in [5.74, 6) is 0.899. The van der Waals surface area contributed by atoms with E-state index in [1.165, 1.54) is 0 Å². The molecule has 0 amide bonds. The van der Waals surface area contributed by atoms with Crippen LogP contribution in [0.4, 0.5) is 0 Å². The molecule has 0 spiro atoms. The molecule has 7 heteroatoms. The lowest BCUT2D eigenvalue weighted by Gasteiger charge is -2.24. The van der Waals surface area contributed by atoms with Gasteiger partial charge in [-0.2, -0.15) is 0 Å². The minimum atomic E-state index is 0.327. The van der Waals surface area contributed by atoms with Gasteiger partial charge in [0.05, 0.1) is 18.4 Å². The Kier molecular flexibility index (Phi) is 3.54. The second-order valence-electron chi connectivity index (χ2n) is 5.58. The average Bonchev–Trinajstić information content (AvgIpc) is 3.11. The summed E-state index contributed by atoms with van der Waals surface area (Å²) < 4.78 is 7.10. The van der Waals surface area contributed by atoms with Crippen LogP contribution in [0.3, 0.4) is 0 Å². The van der Waals surface area contributed by atoms with Crippen LogP contribution >= 0.6 is 0 Å². The molecule has 2 aromatic rings. The maximum atomic E-state index is 5.13. The number of aryl methyl sites for hydroxylation is 1. The van der Waals surface area contributed by atoms with Gasteiger partial charge < -0.3 is 9.42 Å². The van der Waals surface area contributed by atoms with E-state index in [0.29, 0.717) is 12.1 Å². The first-order chi connectivity index (χ1) is 9.65. The zero-order valence-electron chi connectivity index (χ0n) is 12.1. The first-order valence-electron chi connectivity index (χ1n) is 6.80. The molecule has 0 aliphatic carbocycles. The lowest BCUT2D eigenvalue weighted by molar-refractivity contribution is 0.237. The molecule has 1 saturated heterocycles. The van der Waals surface area contributed by atoms with Crippen LogP contribution in [-0.2, 0) is 6.54 Å². The molecular weight excluding hydrogens is 256 g/mol. The smallest absolute Gasteiger partial charge is 0.138 e. The van der Waals surface area contributed by atoms with Gasteiger partial charge in [-0.15, -0.1) is 5.10 Å². The van der Waals surface area contributed by atoms with Crippen molar-refractivity contribution in [2.75, 3.05) is 27.2 Å². The number of hydrogen-bond donors (Lipinski definition) is 0. The Morgan fingerprint density at radius 2 is 2.25 bits per heavy atom. The standard InChI is InChI=1S/C13H20N6O/c1-10-11(6-15-20-10)7-18-8-12(17(2)3)13(9-18)19-5-4-14-16-19/h4-6,12-13H,7-9H2,1-3H3/t12-,13+/m1/s1. The van der Waals surface area contributed by atoms with Crippen LogP contribution in [0.15, 0.2) is 23.1 Å². The summed E-state index contributed by atoms with van der Waals surface area (Å²) in [5, 5.41) is 11.9. The summed E-state index contributed by atoms with van der Waals surface area (Å²) in [4.78, 5) is 4.67. The van der Waals surface area contributed by atoms with Crippen LogP contribution in [0.2, 0.25) is 0 Å². The van der Waals surface area contributed by atoms with Crippen molar-refractivity contribution in [1.29, 1.82) is 0 Å². The zero-order chi connectivity index (χ0) is 14.1. The van der Waals surface area contributed by atoms with E-state index in [4.69, 9.17) is 4.52 Å². The van der Waals surface area contributed by atoms with Gasteiger partial charge in [-0.05, 0) is 21.0 Å². The fraction of sp³-hybridized carbons (Fsp3) is 0.615. The first kappa shape index (κ1) is 13.3. The highest BCUT2D eigenvalue weighted by atomic mass is 16.5. The van der Waals surface area contributed by atoms with Gasteiger partial charge in [0.15, 0.2) is 0 Å². The lowest BCUT2D eigenvalue weighted by atomic mass is 10.1. The number of hydrogen-bond acceptors (Lipinski definition) is 6. The molecule has 1 fully saturated rings. The van der Waals surface area contributed by atoms with E-state index in [0.717, 1.165) is 31.0 Å². The summed E-state index contributed by atoms with van der Waals surface area (Å²) in [6.07, 6.45) is 5.48. The van der Waals surface area contributed by atoms with Crippen molar-refractivity contribution in [2.24, 2.45) is 0 Å². The summed E-state index contributed by atoms with van der Waals surface area (Å²) in [7, 11) is 4.23. The van der Waals surface area contributed by atoms with Crippen molar-refractivity contribution in [1.82, 2.24) is 30.0 Å². The Labute approximate surface area is 118 Å². The number of likely N-dealkylation sites (tertiary alicyclic amines) is 1. The van der Waals surface area contributed by atoms with Crippen LogP contribution in [0, 0.1) is 6.92 Å². The van der Waals surface area contributed by atoms with E-state index >= 15 is 0 Å². The molecule has 0 aromatic carbocycles. The molecule has 2 atom stereocenters. The monoisotopic (exact) mass is 276 g/mol. The summed E-state index contributed by atoms with van der Waals surface area (Å²) in [5.41, 5.74) is 1.15. The zero-order valence-corrected chi connectivity index (χ0v) is 12.1. The van der Waals surface area contributed by atoms with Gasteiger partial charge in [0, 0.05) is 37.4 Å². The molecule has 0 radical (unpaired) electrons. The SMILES string of the molecule is Cc1oncc1CN1C[C@@H](N(C)C)[C@@H](n2ccnn2)C1. The summed E-state index contributed by atoms with van der Waals surface area (Å²) >= 11 is 0. The molecular formula is C13H20N6O. The molecule has 0 N–H and O–H groups in total. The largest absolute Gasteiger partial charge is 0.361 e. The molecule has 3 heterocycles. The van der Waals surface area contributed by atoms with E-state index in [9.17, 15) is 0 Å². The minimum absolute atomic E-state index is 0.327. The van der Waals surface area contributed by atoms with Gasteiger partial charge in [0.1, 0.15) is 5.76 Å². The van der Waals surface area contributed by atoms with Crippen LogP contribution in [0.25, 0.3) is 0 Å². The molecule has 1 aliphatic heterocycles. The lowest BCUT2D eigenvalue weighted by Crippen LogP contribution is -2.36. The highest BCUT2D eigenvalue weighted by molar-refractivity contribution is 5.12. The Hall–Kier alpha value is -1.73. The van der Waals surface area contributed by atoms with Crippen LogP contribution in [-0.4, -0.2) is 63.2 Å². The van der Waals surface area contributed by atoms with Crippen molar-refractivity contribution in [3.8, 4) is 0 Å². The number of nitrogens with zero attached hydrogens (tertiary/aromatic N) is 6. The van der Waals surface area contributed by atoms with Crippen molar-refractivity contribution in [3.05, 3.63) is 29.9 Å². The molecule has 0 unspecified atom stereocenters. The third-order valence-corrected chi connectivity index (χ3v) is 4.02. The maximum Gasteiger partial charge on any atom is 0.138 e. The minimum Gasteiger partial charge on any atom is -0.361 e. The highest BCUT2D eigenvalue weighted by Crippen LogP contribution is 2.26. The second-order valence-corrected chi connectivity index (χ2v) is 5.58. The Morgan fingerprint density at radius 1 is 1.40 bits per heavy atom. The van der Waals surface area contributed by atoms with Gasteiger partial charge in [-0.3, -0.25) is 4.90 Å². The second kappa shape index (κ2) is 5.34. The van der Waals surface area contributed by atoms with Gasteiger partial charge in [0.25, 0.3) is 0 Å². The molecule has 3 rings (SSSR count). The van der Waals surface area contributed by atoms with Gasteiger partial charge in [-0.25, -0.2) is 4.68 Å². The number of aromatic nitrogens is 4. The predicted octanol–water partition coefficient (Wildman–Crippen LogP) is 0.562. The Morgan fingerprint density at radius 3 is 2.85 bits per heavy atom. The van der Waals surface area contributed by atoms with E-state index in [2.05, 4.69) is 39.4 Å². The number of likely N-dealkylation sites (N-methyl/N-ethyl adjacent to an activating group) is 1. The van der Waals surface area contributed by atoms with Crippen molar-refractivity contribution < 1.29 is 4.52 Å². The van der Waals surface area contributed by atoms with Gasteiger partial charge in [-0.1, -0.05) is 10.4 Å². The molecule has 1 aliphatic rings. The quantitative estimate of drug-likeness (QED) is 0.813. The summed E-state index contributed by atoms with van der Waals surface area (Å²) in [6.45, 7) is 4.78. The molecule has 0 saturated carbocycles. The van der Waals surface area contributed by atoms with Crippen molar-refractivity contribution in [3.63, 3.8) is 0 Å². The third kappa shape index (κ3) is 2.46. The van der Waals surface area contributed by atoms with Gasteiger partial charge >= 0.3 is 0 Å². The highest BCUT2D eigenvalue weighted by Gasteiger charge is 2.36. The van der Waals surface area contributed by atoms with Crippen LogP contribution < -0.4 is 0 Å². The molecule has 20 heavy (non-hydrogen) atoms. The summed E-state index contributed by atoms with van der Waals surface area (Å²) in [6, 6.07) is 0.754. The fourth-order valence-corrected chi connectivity index (χ4v) is 2.85. The maximum absolute atomic E-state index is 5.13. The predicted molar refractivity (Wildman–Crippen MR) is 73.1 cm³/mol. The fourth-order valence-electron chi connectivity index (χ4n) is 2.85. The average molecular weight is 276 g/mol. The van der Waals surface area contributed by atoms with Crippen molar-refractivity contribution in [2.45, 2.75) is 25.6 Å². The van der Waals surface area contributed by atoms with Crippen LogP contribution in [0.5, 0.6) is 0 Å². The molecule has 7 nitrogen and oxygen atoms in total. The van der Waals surface area contributed by atoms with E-state index in [1.807, 2.05) is 24.0 Å². The van der Waals surface area contributed by atoms with Gasteiger partial charge in [0.2, 0.25) is 0 Å². The van der Waals surface area contributed by atoms with Crippen molar-refractivity contribution >= 4 is 0 Å². The van der Waals surface area contributed by atoms with E-state index in [-0.39, 0.29) is 0 Å². The van der Waals surface area contributed by atoms with Crippen LogP contribution in [0.1, 0.15) is 17.4 Å². The Balaban J connectivity index is 1.75. The molecule has 0 bridgehead atoms. The Bertz CT molecular complexity index is 549. The van der Waals surface area contributed by atoms with E-state index in [1.54, 1.807) is 6.20 Å².